The molecule has 2 aliphatic rings. The summed E-state index contributed by atoms with van der Waals surface area (Å²) in [7, 11) is 0. The number of hydrogen-bond donors (Lipinski definition) is 1. The number of H-pyrrole nitrogens is 1. The number of amides is 1. The summed E-state index contributed by atoms with van der Waals surface area (Å²) < 4.78 is 13.0. The maximum atomic E-state index is 13.9. The van der Waals surface area contributed by atoms with Gasteiger partial charge in [0.15, 0.2) is 17.1 Å². The van der Waals surface area contributed by atoms with Crippen LogP contribution in [0, 0.1) is 5.92 Å². The molecule has 184 valence electrons. The molecule has 1 N–H and O–H groups in total. The number of aromatic amines is 1. The molecule has 5 rings (SSSR count). The lowest BCUT2D eigenvalue weighted by atomic mass is 10.1. The van der Waals surface area contributed by atoms with Gasteiger partial charge >= 0.3 is 5.69 Å². The van der Waals surface area contributed by atoms with Gasteiger partial charge < -0.3 is 14.4 Å². The van der Waals surface area contributed by atoms with Gasteiger partial charge in [-0.15, -0.1) is 0 Å². The zero-order valence-electron chi connectivity index (χ0n) is 20.3. The number of carbonyl (C=O) groups is 1. The number of para-hydroxylation sites is 1. The Morgan fingerprint density at radius 1 is 1.23 bits per heavy atom. The second-order valence-electron chi connectivity index (χ2n) is 9.59. The average Bonchev–Trinajstić information content (AvgIpc) is 3.69. The molecular formula is C26H30N4O5. The summed E-state index contributed by atoms with van der Waals surface area (Å²) in [5, 5.41) is 0.160. The van der Waals surface area contributed by atoms with E-state index < -0.39 is 11.2 Å². The highest BCUT2D eigenvalue weighted by atomic mass is 16.6. The summed E-state index contributed by atoms with van der Waals surface area (Å²) in [6.07, 6.45) is 1.96. The number of hydrogen-bond acceptors (Lipinski definition) is 6. The van der Waals surface area contributed by atoms with Gasteiger partial charge in [0.05, 0.1) is 10.9 Å². The van der Waals surface area contributed by atoms with E-state index in [-0.39, 0.29) is 34.3 Å². The van der Waals surface area contributed by atoms with Crippen LogP contribution in [-0.4, -0.2) is 45.1 Å². The highest BCUT2D eigenvalue weighted by Crippen LogP contribution is 2.40. The molecule has 0 unspecified atom stereocenters. The molecule has 1 aliphatic carbocycles. The number of rotatable bonds is 7. The molecular weight excluding hydrogens is 448 g/mol. The zero-order chi connectivity index (χ0) is 24.7. The van der Waals surface area contributed by atoms with Gasteiger partial charge in [0.1, 0.15) is 13.2 Å². The van der Waals surface area contributed by atoms with Crippen molar-refractivity contribution in [2.45, 2.75) is 52.6 Å². The molecule has 35 heavy (non-hydrogen) atoms. The average molecular weight is 479 g/mol. The molecule has 1 saturated carbocycles. The topological polar surface area (TPSA) is 107 Å². The number of benzene rings is 1. The molecule has 9 nitrogen and oxygen atoms in total. The lowest BCUT2D eigenvalue weighted by Crippen LogP contribution is -2.35. The Bertz CT molecular complexity index is 1400. The molecule has 3 aromatic rings. The van der Waals surface area contributed by atoms with Crippen molar-refractivity contribution in [3.63, 3.8) is 0 Å². The van der Waals surface area contributed by atoms with Gasteiger partial charge in [-0.25, -0.2) is 9.78 Å². The first-order valence-electron chi connectivity index (χ1n) is 12.2. The molecule has 0 spiro atoms. The van der Waals surface area contributed by atoms with Crippen molar-refractivity contribution < 1.29 is 14.3 Å². The monoisotopic (exact) mass is 478 g/mol. The Hall–Kier alpha value is -3.62. The molecule has 2 aromatic heterocycles. The van der Waals surface area contributed by atoms with Crippen molar-refractivity contribution in [2.75, 3.05) is 19.8 Å². The smallest absolute Gasteiger partial charge is 0.330 e. The van der Waals surface area contributed by atoms with E-state index in [9.17, 15) is 14.4 Å². The fourth-order valence-electron chi connectivity index (χ4n) is 4.55. The first-order chi connectivity index (χ1) is 16.9. The van der Waals surface area contributed by atoms with Crippen LogP contribution in [-0.2, 0) is 13.1 Å². The van der Waals surface area contributed by atoms with Crippen LogP contribution < -0.4 is 20.7 Å². The molecule has 1 fully saturated rings. The van der Waals surface area contributed by atoms with Crippen molar-refractivity contribution >= 4 is 16.9 Å². The fourth-order valence-corrected chi connectivity index (χ4v) is 4.55. The van der Waals surface area contributed by atoms with E-state index >= 15 is 0 Å². The number of nitrogens with one attached hydrogen (secondary N) is 1. The lowest BCUT2D eigenvalue weighted by Gasteiger charge is -2.26. The molecule has 0 saturated heterocycles. The minimum Gasteiger partial charge on any atom is -0.486 e. The van der Waals surface area contributed by atoms with Gasteiger partial charge in [0, 0.05) is 36.8 Å². The minimum absolute atomic E-state index is 0.158. The highest BCUT2D eigenvalue weighted by molar-refractivity contribution is 6.05. The van der Waals surface area contributed by atoms with Crippen LogP contribution in [0.4, 0.5) is 0 Å². The van der Waals surface area contributed by atoms with E-state index in [2.05, 4.69) is 4.98 Å². The van der Waals surface area contributed by atoms with Crippen LogP contribution in [0.25, 0.3) is 11.0 Å². The van der Waals surface area contributed by atoms with Gasteiger partial charge in [0.2, 0.25) is 0 Å². The van der Waals surface area contributed by atoms with E-state index in [4.69, 9.17) is 14.5 Å². The molecule has 1 aromatic carbocycles. The van der Waals surface area contributed by atoms with Gasteiger partial charge in [-0.05, 0) is 37.8 Å². The SMILES string of the molecule is CCN(Cc1cccc2c1OCCO2)C(=O)c1cc(C2CC2)nc2c1c(=O)[nH]c(=O)n2CC(C)C. The van der Waals surface area contributed by atoms with Crippen LogP contribution >= 0.6 is 0 Å². The third kappa shape index (κ3) is 4.42. The zero-order valence-corrected chi connectivity index (χ0v) is 20.3. The quantitative estimate of drug-likeness (QED) is 0.559. The van der Waals surface area contributed by atoms with E-state index in [1.807, 2.05) is 39.0 Å². The Kier molecular flexibility index (Phi) is 6.08. The van der Waals surface area contributed by atoms with Gasteiger partial charge in [-0.3, -0.25) is 19.1 Å². The van der Waals surface area contributed by atoms with Gasteiger partial charge in [-0.2, -0.15) is 0 Å². The largest absolute Gasteiger partial charge is 0.486 e. The van der Waals surface area contributed by atoms with Crippen molar-refractivity contribution in [2.24, 2.45) is 5.92 Å². The molecule has 0 bridgehead atoms. The third-order valence-corrected chi connectivity index (χ3v) is 6.42. The first-order valence-corrected chi connectivity index (χ1v) is 12.2. The summed E-state index contributed by atoms with van der Waals surface area (Å²) in [6, 6.07) is 7.38. The van der Waals surface area contributed by atoms with Crippen LogP contribution in [0.5, 0.6) is 11.5 Å². The molecule has 1 amide bonds. The van der Waals surface area contributed by atoms with Crippen molar-refractivity contribution in [1.29, 1.82) is 0 Å². The molecule has 0 radical (unpaired) electrons. The lowest BCUT2D eigenvalue weighted by molar-refractivity contribution is 0.0750. The van der Waals surface area contributed by atoms with Crippen LogP contribution in [0.1, 0.15) is 61.1 Å². The predicted octanol–water partition coefficient (Wildman–Crippen LogP) is 3.05. The second kappa shape index (κ2) is 9.20. The highest BCUT2D eigenvalue weighted by Gasteiger charge is 2.30. The Morgan fingerprint density at radius 3 is 2.71 bits per heavy atom. The normalized spacial score (nSPS) is 15.0. The van der Waals surface area contributed by atoms with Gasteiger partial charge in [0.25, 0.3) is 11.5 Å². The Balaban J connectivity index is 1.62. The number of fused-ring (bicyclic) bond motifs is 2. The van der Waals surface area contributed by atoms with E-state index in [1.54, 1.807) is 11.0 Å². The summed E-state index contributed by atoms with van der Waals surface area (Å²) in [5.41, 5.74) is 1.06. The first kappa shape index (κ1) is 23.1. The summed E-state index contributed by atoms with van der Waals surface area (Å²) in [6.45, 7) is 7.94. The minimum atomic E-state index is -0.590. The van der Waals surface area contributed by atoms with Crippen molar-refractivity contribution in [3.8, 4) is 11.5 Å². The van der Waals surface area contributed by atoms with Crippen LogP contribution in [0.3, 0.4) is 0 Å². The van der Waals surface area contributed by atoms with E-state index in [1.165, 1.54) is 4.57 Å². The summed E-state index contributed by atoms with van der Waals surface area (Å²) >= 11 is 0. The second-order valence-corrected chi connectivity index (χ2v) is 9.59. The van der Waals surface area contributed by atoms with E-state index in [0.717, 1.165) is 24.1 Å². The number of aromatic nitrogens is 3. The Morgan fingerprint density at radius 2 is 2.00 bits per heavy atom. The maximum Gasteiger partial charge on any atom is 0.330 e. The number of carbonyl (C=O) groups excluding carboxylic acids is 1. The van der Waals surface area contributed by atoms with Crippen molar-refractivity contribution in [3.05, 3.63) is 61.9 Å². The third-order valence-electron chi connectivity index (χ3n) is 6.42. The standard InChI is InChI=1S/C26H30N4O5/c1-4-29(14-17-6-5-7-20-22(17)35-11-10-34-20)25(32)18-12-19(16-8-9-16)27-23-21(18)24(31)28-26(33)30(23)13-15(2)3/h5-7,12,15-16H,4,8-11,13-14H2,1-3H3,(H,28,31,33). The number of ether oxygens (including phenoxy) is 2. The van der Waals surface area contributed by atoms with Crippen molar-refractivity contribution in [1.82, 2.24) is 19.4 Å². The fraction of sp³-hybridized carbons (Fsp3) is 0.462. The summed E-state index contributed by atoms with van der Waals surface area (Å²) in [4.78, 5) is 48.4. The van der Waals surface area contributed by atoms with E-state index in [0.29, 0.717) is 44.3 Å². The molecule has 9 heteroatoms. The molecule has 0 atom stereocenters. The predicted molar refractivity (Wildman–Crippen MR) is 131 cm³/mol. The maximum absolute atomic E-state index is 13.9. The summed E-state index contributed by atoms with van der Waals surface area (Å²) in [5.74, 6) is 1.43. The number of pyridine rings is 1. The van der Waals surface area contributed by atoms with Crippen LogP contribution in [0.2, 0.25) is 0 Å². The molecule has 3 heterocycles. The van der Waals surface area contributed by atoms with Gasteiger partial charge in [-0.1, -0.05) is 26.0 Å². The Labute approximate surface area is 202 Å². The molecule has 1 aliphatic heterocycles. The number of nitrogens with zero attached hydrogens (tertiary/aromatic N) is 3. The van der Waals surface area contributed by atoms with Crippen LogP contribution in [0.15, 0.2) is 33.9 Å².